The van der Waals surface area contributed by atoms with Crippen molar-refractivity contribution in [3.8, 4) is 0 Å². The molecular formula is C18H18BrClN2O2. The minimum absolute atomic E-state index is 0.257. The molecule has 1 aliphatic rings. The van der Waals surface area contributed by atoms with Gasteiger partial charge in [0.05, 0.1) is 5.02 Å². The van der Waals surface area contributed by atoms with Crippen molar-refractivity contribution in [2.45, 2.75) is 6.61 Å². The lowest BCUT2D eigenvalue weighted by Crippen LogP contribution is -2.48. The van der Waals surface area contributed by atoms with E-state index in [9.17, 15) is 4.79 Å². The SMILES string of the molecule is O=C(OCc1ccccc1)N1CCN(c2ccc(Br)c(Cl)c2)CC1. The third kappa shape index (κ3) is 4.22. The van der Waals surface area contributed by atoms with Crippen molar-refractivity contribution in [2.75, 3.05) is 31.1 Å². The molecule has 0 N–H and O–H groups in total. The van der Waals surface area contributed by atoms with Gasteiger partial charge in [-0.05, 0) is 39.7 Å². The molecule has 0 aliphatic carbocycles. The van der Waals surface area contributed by atoms with E-state index in [-0.39, 0.29) is 6.09 Å². The van der Waals surface area contributed by atoms with Gasteiger partial charge >= 0.3 is 6.09 Å². The number of piperazine rings is 1. The van der Waals surface area contributed by atoms with E-state index in [2.05, 4.69) is 20.8 Å². The van der Waals surface area contributed by atoms with Crippen LogP contribution in [0, 0.1) is 0 Å². The van der Waals surface area contributed by atoms with Gasteiger partial charge in [-0.15, -0.1) is 0 Å². The number of anilines is 1. The van der Waals surface area contributed by atoms with Crippen LogP contribution in [0.5, 0.6) is 0 Å². The average molecular weight is 410 g/mol. The van der Waals surface area contributed by atoms with Crippen LogP contribution in [0.25, 0.3) is 0 Å². The largest absolute Gasteiger partial charge is 0.445 e. The van der Waals surface area contributed by atoms with E-state index in [1.165, 1.54) is 0 Å². The molecule has 0 saturated carbocycles. The van der Waals surface area contributed by atoms with Crippen molar-refractivity contribution in [1.29, 1.82) is 0 Å². The summed E-state index contributed by atoms with van der Waals surface area (Å²) in [5.41, 5.74) is 2.06. The molecule has 0 bridgehead atoms. The molecule has 0 unspecified atom stereocenters. The Morgan fingerprint density at radius 3 is 2.46 bits per heavy atom. The number of carbonyl (C=O) groups excluding carboxylic acids is 1. The van der Waals surface area contributed by atoms with E-state index in [1.807, 2.05) is 48.5 Å². The molecule has 0 spiro atoms. The molecule has 24 heavy (non-hydrogen) atoms. The fourth-order valence-electron chi connectivity index (χ4n) is 2.64. The molecule has 3 rings (SSSR count). The maximum atomic E-state index is 12.2. The van der Waals surface area contributed by atoms with Gasteiger partial charge in [0.2, 0.25) is 0 Å². The first kappa shape index (κ1) is 17.1. The summed E-state index contributed by atoms with van der Waals surface area (Å²) < 4.78 is 6.27. The number of rotatable bonds is 3. The van der Waals surface area contributed by atoms with Crippen molar-refractivity contribution in [1.82, 2.24) is 4.90 Å². The fraction of sp³-hybridized carbons (Fsp3) is 0.278. The highest BCUT2D eigenvalue weighted by Gasteiger charge is 2.22. The Kier molecular flexibility index (Phi) is 5.63. The summed E-state index contributed by atoms with van der Waals surface area (Å²) in [6, 6.07) is 15.6. The first-order chi connectivity index (χ1) is 11.6. The average Bonchev–Trinajstić information content (AvgIpc) is 2.63. The molecule has 4 nitrogen and oxygen atoms in total. The van der Waals surface area contributed by atoms with E-state index in [0.29, 0.717) is 24.7 Å². The van der Waals surface area contributed by atoms with Crippen LogP contribution in [0.4, 0.5) is 10.5 Å². The van der Waals surface area contributed by atoms with Gasteiger partial charge < -0.3 is 14.5 Å². The monoisotopic (exact) mass is 408 g/mol. The van der Waals surface area contributed by atoms with E-state index >= 15 is 0 Å². The first-order valence-corrected chi connectivity index (χ1v) is 8.96. The fourth-order valence-corrected chi connectivity index (χ4v) is 3.06. The van der Waals surface area contributed by atoms with Crippen molar-refractivity contribution in [3.05, 3.63) is 63.6 Å². The van der Waals surface area contributed by atoms with E-state index < -0.39 is 0 Å². The second-order valence-corrected chi connectivity index (χ2v) is 6.87. The first-order valence-electron chi connectivity index (χ1n) is 7.79. The highest BCUT2D eigenvalue weighted by molar-refractivity contribution is 9.10. The van der Waals surface area contributed by atoms with Gasteiger partial charge in [-0.2, -0.15) is 0 Å². The highest BCUT2D eigenvalue weighted by atomic mass is 79.9. The number of hydrogen-bond acceptors (Lipinski definition) is 3. The number of nitrogens with zero attached hydrogens (tertiary/aromatic N) is 2. The molecule has 1 aliphatic heterocycles. The van der Waals surface area contributed by atoms with Crippen LogP contribution < -0.4 is 4.90 Å². The predicted octanol–water partition coefficient (Wildman–Crippen LogP) is 4.56. The Morgan fingerprint density at radius 1 is 1.08 bits per heavy atom. The zero-order valence-electron chi connectivity index (χ0n) is 13.1. The summed E-state index contributed by atoms with van der Waals surface area (Å²) in [6.45, 7) is 3.11. The van der Waals surface area contributed by atoms with E-state index in [1.54, 1.807) is 4.90 Å². The molecule has 2 aromatic carbocycles. The summed E-state index contributed by atoms with van der Waals surface area (Å²) in [5.74, 6) is 0. The second-order valence-electron chi connectivity index (χ2n) is 5.61. The van der Waals surface area contributed by atoms with Crippen LogP contribution in [0.15, 0.2) is 53.0 Å². The molecule has 6 heteroatoms. The topological polar surface area (TPSA) is 32.8 Å². The molecular weight excluding hydrogens is 392 g/mol. The van der Waals surface area contributed by atoms with Crippen molar-refractivity contribution in [3.63, 3.8) is 0 Å². The van der Waals surface area contributed by atoms with Crippen LogP contribution in [-0.4, -0.2) is 37.2 Å². The maximum absolute atomic E-state index is 12.2. The Morgan fingerprint density at radius 2 is 1.79 bits per heavy atom. The number of halogens is 2. The molecule has 2 aromatic rings. The Labute approximate surface area is 155 Å². The molecule has 1 amide bonds. The number of benzene rings is 2. The van der Waals surface area contributed by atoms with E-state index in [0.717, 1.165) is 28.8 Å². The van der Waals surface area contributed by atoms with Gasteiger partial charge in [0.25, 0.3) is 0 Å². The molecule has 1 heterocycles. The van der Waals surface area contributed by atoms with Gasteiger partial charge in [0, 0.05) is 36.3 Å². The third-order valence-electron chi connectivity index (χ3n) is 4.01. The number of ether oxygens (including phenoxy) is 1. The molecule has 1 fully saturated rings. The summed E-state index contributed by atoms with van der Waals surface area (Å²) in [7, 11) is 0. The standard InChI is InChI=1S/C18H18BrClN2O2/c19-16-7-6-15(12-17(16)20)21-8-10-22(11-9-21)18(23)24-13-14-4-2-1-3-5-14/h1-7,12H,8-11,13H2. The highest BCUT2D eigenvalue weighted by Crippen LogP contribution is 2.28. The summed E-state index contributed by atoms with van der Waals surface area (Å²) in [5, 5.41) is 0.692. The second kappa shape index (κ2) is 7.90. The lowest BCUT2D eigenvalue weighted by Gasteiger charge is -2.35. The molecule has 0 atom stereocenters. The Hall–Kier alpha value is -1.72. The molecule has 1 saturated heterocycles. The van der Waals surface area contributed by atoms with Gasteiger partial charge in [-0.1, -0.05) is 41.9 Å². The van der Waals surface area contributed by atoms with Gasteiger partial charge in [-0.3, -0.25) is 0 Å². The number of amides is 1. The van der Waals surface area contributed by atoms with Crippen LogP contribution >= 0.6 is 27.5 Å². The smallest absolute Gasteiger partial charge is 0.410 e. The molecule has 126 valence electrons. The predicted molar refractivity (Wildman–Crippen MR) is 99.6 cm³/mol. The number of carbonyl (C=O) groups is 1. The minimum Gasteiger partial charge on any atom is -0.445 e. The van der Waals surface area contributed by atoms with E-state index in [4.69, 9.17) is 16.3 Å². The summed E-state index contributed by atoms with van der Waals surface area (Å²) in [4.78, 5) is 16.1. The minimum atomic E-state index is -0.257. The van der Waals surface area contributed by atoms with Crippen LogP contribution in [0.1, 0.15) is 5.56 Å². The van der Waals surface area contributed by atoms with Gasteiger partial charge in [0.1, 0.15) is 6.61 Å². The molecule has 0 radical (unpaired) electrons. The van der Waals surface area contributed by atoms with Crippen molar-refractivity contribution in [2.24, 2.45) is 0 Å². The maximum Gasteiger partial charge on any atom is 0.410 e. The van der Waals surface area contributed by atoms with Crippen LogP contribution in [0.2, 0.25) is 5.02 Å². The lowest BCUT2D eigenvalue weighted by molar-refractivity contribution is 0.0942. The quantitative estimate of drug-likeness (QED) is 0.745. The third-order valence-corrected chi connectivity index (χ3v) is 5.24. The van der Waals surface area contributed by atoms with Crippen LogP contribution in [-0.2, 0) is 11.3 Å². The number of hydrogen-bond donors (Lipinski definition) is 0. The van der Waals surface area contributed by atoms with Gasteiger partial charge in [0.15, 0.2) is 0 Å². The van der Waals surface area contributed by atoms with Crippen LogP contribution in [0.3, 0.4) is 0 Å². The summed E-state index contributed by atoms with van der Waals surface area (Å²) in [6.07, 6.45) is -0.257. The Bertz CT molecular complexity index is 703. The van der Waals surface area contributed by atoms with Gasteiger partial charge in [-0.25, -0.2) is 4.79 Å². The molecule has 0 aromatic heterocycles. The Balaban J connectivity index is 1.51. The van der Waals surface area contributed by atoms with Crippen molar-refractivity contribution >= 4 is 39.3 Å². The normalized spacial score (nSPS) is 14.6. The zero-order chi connectivity index (χ0) is 16.9. The lowest BCUT2D eigenvalue weighted by atomic mass is 10.2. The van der Waals surface area contributed by atoms with Crippen molar-refractivity contribution < 1.29 is 9.53 Å². The zero-order valence-corrected chi connectivity index (χ0v) is 15.5. The summed E-state index contributed by atoms with van der Waals surface area (Å²) >= 11 is 9.55.